The predicted molar refractivity (Wildman–Crippen MR) is 85.4 cm³/mol. The second-order valence-electron chi connectivity index (χ2n) is 5.23. The van der Waals surface area contributed by atoms with E-state index in [-0.39, 0.29) is 30.2 Å². The number of carbonyl (C=O) groups excluding carboxylic acids is 4. The van der Waals surface area contributed by atoms with Crippen molar-refractivity contribution in [2.24, 2.45) is 5.10 Å². The number of hydrazone groups is 1. The first-order valence-corrected chi connectivity index (χ1v) is 7.35. The third kappa shape index (κ3) is 4.25. The zero-order valence-corrected chi connectivity index (χ0v) is 13.3. The molecule has 0 spiro atoms. The highest BCUT2D eigenvalue weighted by atomic mass is 16.5. The lowest BCUT2D eigenvalue weighted by Gasteiger charge is -2.16. The number of anilines is 1. The van der Waals surface area contributed by atoms with Gasteiger partial charge >= 0.3 is 5.97 Å². The summed E-state index contributed by atoms with van der Waals surface area (Å²) in [4.78, 5) is 46.6. The molecule has 1 atom stereocenters. The molecule has 24 heavy (non-hydrogen) atoms. The van der Waals surface area contributed by atoms with E-state index < -0.39 is 18.0 Å². The van der Waals surface area contributed by atoms with E-state index in [1.54, 1.807) is 24.3 Å². The van der Waals surface area contributed by atoms with Crippen molar-refractivity contribution in [3.05, 3.63) is 29.8 Å². The van der Waals surface area contributed by atoms with Crippen LogP contribution < -0.4 is 10.7 Å². The van der Waals surface area contributed by atoms with E-state index in [1.807, 2.05) is 0 Å². The molecule has 2 amide bonds. The van der Waals surface area contributed by atoms with Gasteiger partial charge in [-0.1, -0.05) is 12.1 Å². The molecule has 1 aromatic rings. The van der Waals surface area contributed by atoms with Crippen LogP contribution in [-0.4, -0.2) is 35.4 Å². The zero-order valence-electron chi connectivity index (χ0n) is 13.3. The van der Waals surface area contributed by atoms with Crippen molar-refractivity contribution in [3.63, 3.8) is 0 Å². The van der Waals surface area contributed by atoms with Crippen molar-refractivity contribution in [2.45, 2.75) is 32.8 Å². The summed E-state index contributed by atoms with van der Waals surface area (Å²) in [6.07, 6.45) is -0.787. The lowest BCUT2D eigenvalue weighted by Crippen LogP contribution is -2.36. The molecular weight excluding hydrogens is 314 g/mol. The van der Waals surface area contributed by atoms with Gasteiger partial charge in [0.2, 0.25) is 5.91 Å². The van der Waals surface area contributed by atoms with Crippen molar-refractivity contribution in [1.29, 1.82) is 0 Å². The van der Waals surface area contributed by atoms with E-state index >= 15 is 0 Å². The van der Waals surface area contributed by atoms with E-state index in [0.29, 0.717) is 11.3 Å². The second-order valence-corrected chi connectivity index (χ2v) is 5.23. The fourth-order valence-corrected chi connectivity index (χ4v) is 2.04. The molecule has 8 heteroatoms. The maximum atomic E-state index is 12.1. The van der Waals surface area contributed by atoms with Crippen LogP contribution in [0.5, 0.6) is 0 Å². The van der Waals surface area contributed by atoms with Crippen LogP contribution in [0.25, 0.3) is 0 Å². The van der Waals surface area contributed by atoms with Crippen LogP contribution in [0.4, 0.5) is 5.69 Å². The van der Waals surface area contributed by atoms with Crippen molar-refractivity contribution in [1.82, 2.24) is 5.43 Å². The number of esters is 1. The Morgan fingerprint density at radius 2 is 1.96 bits per heavy atom. The quantitative estimate of drug-likeness (QED) is 0.618. The molecule has 1 aliphatic heterocycles. The lowest BCUT2D eigenvalue weighted by atomic mass is 10.1. The first-order valence-electron chi connectivity index (χ1n) is 7.35. The average molecular weight is 331 g/mol. The summed E-state index contributed by atoms with van der Waals surface area (Å²) in [6.45, 7) is 2.80. The van der Waals surface area contributed by atoms with Gasteiger partial charge in [-0.05, 0) is 26.0 Å². The maximum Gasteiger partial charge on any atom is 0.355 e. The molecule has 2 N–H and O–H groups in total. The zero-order chi connectivity index (χ0) is 17.7. The summed E-state index contributed by atoms with van der Waals surface area (Å²) >= 11 is 0. The van der Waals surface area contributed by atoms with Crippen LogP contribution in [0.1, 0.15) is 37.0 Å². The number of benzene rings is 1. The van der Waals surface area contributed by atoms with Crippen LogP contribution in [0.3, 0.4) is 0 Å². The smallest absolute Gasteiger partial charge is 0.355 e. The Labute approximate surface area is 138 Å². The Morgan fingerprint density at radius 3 is 2.58 bits per heavy atom. The number of ether oxygens (including phenoxy) is 1. The summed E-state index contributed by atoms with van der Waals surface area (Å²) in [7, 11) is 0. The second kappa shape index (κ2) is 7.49. The van der Waals surface area contributed by atoms with Crippen molar-refractivity contribution in [2.75, 3.05) is 5.32 Å². The average Bonchev–Trinajstić information content (AvgIpc) is 2.55. The summed E-state index contributed by atoms with van der Waals surface area (Å²) in [5, 5.41) is 6.17. The Kier molecular flexibility index (Phi) is 5.41. The molecule has 1 heterocycles. The first kappa shape index (κ1) is 17.3. The Morgan fingerprint density at radius 1 is 1.25 bits per heavy atom. The number of hydrogen-bond donors (Lipinski definition) is 2. The molecule has 2 rings (SSSR count). The number of ketones is 1. The van der Waals surface area contributed by atoms with Gasteiger partial charge in [0.15, 0.2) is 11.9 Å². The third-order valence-corrected chi connectivity index (χ3v) is 3.36. The molecule has 0 saturated carbocycles. The number of nitrogens with zero attached hydrogens (tertiary/aromatic N) is 1. The van der Waals surface area contributed by atoms with Crippen LogP contribution in [0.2, 0.25) is 0 Å². The van der Waals surface area contributed by atoms with Crippen molar-refractivity contribution >= 4 is 35.0 Å². The van der Waals surface area contributed by atoms with E-state index in [1.165, 1.54) is 13.8 Å². The fraction of sp³-hybridized carbons (Fsp3) is 0.312. The number of carbonyl (C=O) groups is 4. The van der Waals surface area contributed by atoms with Gasteiger partial charge < -0.3 is 10.1 Å². The van der Waals surface area contributed by atoms with Crippen molar-refractivity contribution < 1.29 is 23.9 Å². The van der Waals surface area contributed by atoms with Crippen molar-refractivity contribution in [3.8, 4) is 0 Å². The minimum absolute atomic E-state index is 0.0541. The molecule has 1 aliphatic rings. The van der Waals surface area contributed by atoms with Gasteiger partial charge in [-0.2, -0.15) is 5.10 Å². The third-order valence-electron chi connectivity index (χ3n) is 3.36. The molecule has 0 aliphatic carbocycles. The van der Waals surface area contributed by atoms with Gasteiger partial charge in [0.05, 0.1) is 5.69 Å². The Balaban J connectivity index is 1.99. The van der Waals surface area contributed by atoms with E-state index in [9.17, 15) is 19.2 Å². The number of rotatable bonds is 5. The lowest BCUT2D eigenvalue weighted by molar-refractivity contribution is -0.146. The number of hydrogen-bond acceptors (Lipinski definition) is 6. The maximum absolute atomic E-state index is 12.1. The van der Waals surface area contributed by atoms with Crippen LogP contribution in [-0.2, 0) is 19.1 Å². The summed E-state index contributed by atoms with van der Waals surface area (Å²) < 4.78 is 5.04. The highest BCUT2D eigenvalue weighted by Gasteiger charge is 2.24. The highest BCUT2D eigenvalue weighted by Crippen LogP contribution is 2.16. The van der Waals surface area contributed by atoms with Crippen LogP contribution in [0, 0.1) is 0 Å². The Hall–Kier alpha value is -3.03. The minimum Gasteiger partial charge on any atom is -0.448 e. The molecule has 0 fully saturated rings. The standard InChI is InChI=1S/C16H17N3O5/c1-9(20)11-5-3-4-6-12(11)17-15(22)10(2)24-16(23)13-7-8-14(21)19-18-13/h3-6,10H,7-8H2,1-2H3,(H,17,22)(H,19,21)/t10-/m1/s1. The van der Waals surface area contributed by atoms with Crippen LogP contribution >= 0.6 is 0 Å². The fourth-order valence-electron chi connectivity index (χ4n) is 2.04. The van der Waals surface area contributed by atoms with Gasteiger partial charge in [0, 0.05) is 18.4 Å². The minimum atomic E-state index is -1.09. The van der Waals surface area contributed by atoms with E-state index in [2.05, 4.69) is 15.8 Å². The number of para-hydroxylation sites is 1. The van der Waals surface area contributed by atoms with Gasteiger partial charge in [0.25, 0.3) is 5.91 Å². The van der Waals surface area contributed by atoms with Crippen LogP contribution in [0.15, 0.2) is 29.4 Å². The van der Waals surface area contributed by atoms with E-state index in [0.717, 1.165) is 0 Å². The van der Waals surface area contributed by atoms with Gasteiger partial charge in [-0.15, -0.1) is 0 Å². The summed E-state index contributed by atoms with van der Waals surface area (Å²) in [5.74, 6) is -1.81. The molecule has 0 radical (unpaired) electrons. The number of Topliss-reactive ketones (excluding diaryl/α,β-unsaturated/α-hetero) is 1. The Bertz CT molecular complexity index is 726. The topological polar surface area (TPSA) is 114 Å². The molecule has 0 unspecified atom stereocenters. The number of amides is 2. The first-order chi connectivity index (χ1) is 11.4. The van der Waals surface area contributed by atoms with Gasteiger partial charge in [-0.3, -0.25) is 14.4 Å². The molecule has 1 aromatic carbocycles. The largest absolute Gasteiger partial charge is 0.448 e. The monoisotopic (exact) mass is 331 g/mol. The highest BCUT2D eigenvalue weighted by molar-refractivity contribution is 6.37. The molecule has 0 bridgehead atoms. The van der Waals surface area contributed by atoms with E-state index in [4.69, 9.17) is 4.74 Å². The summed E-state index contributed by atoms with van der Waals surface area (Å²) in [6, 6.07) is 6.54. The van der Waals surface area contributed by atoms with Gasteiger partial charge in [-0.25, -0.2) is 10.2 Å². The molecule has 0 saturated heterocycles. The molecule has 126 valence electrons. The molecular formula is C16H17N3O5. The SMILES string of the molecule is CC(=O)c1ccccc1NC(=O)[C@@H](C)OC(=O)C1=NNC(=O)CC1. The normalized spacial score (nSPS) is 14.9. The predicted octanol–water partition coefficient (Wildman–Crippen LogP) is 1.03. The molecule has 8 nitrogen and oxygen atoms in total. The number of nitrogens with one attached hydrogen (secondary N) is 2. The molecule has 0 aromatic heterocycles. The summed E-state index contributed by atoms with van der Waals surface area (Å²) in [5.41, 5.74) is 2.95. The van der Waals surface area contributed by atoms with Gasteiger partial charge in [0.1, 0.15) is 5.71 Å².